The minimum atomic E-state index is -0.305. The number of carbonyl (C=O) groups is 1. The van der Waals surface area contributed by atoms with Gasteiger partial charge in [-0.15, -0.1) is 24.8 Å². The Kier molecular flexibility index (Phi) is 7.84. The fourth-order valence-corrected chi connectivity index (χ4v) is 3.36. The molecule has 3 heterocycles. The predicted molar refractivity (Wildman–Crippen MR) is 111 cm³/mol. The highest BCUT2D eigenvalue weighted by atomic mass is 35.5. The summed E-state index contributed by atoms with van der Waals surface area (Å²) >= 11 is 0. The number of carbonyl (C=O) groups excluding carboxylic acids is 1. The van der Waals surface area contributed by atoms with Crippen LogP contribution in [0, 0.1) is 12.7 Å². The van der Waals surface area contributed by atoms with Gasteiger partial charge in [0, 0.05) is 19.6 Å². The zero-order chi connectivity index (χ0) is 18.8. The first-order chi connectivity index (χ1) is 13.1. The first-order valence-electron chi connectivity index (χ1n) is 8.87. The number of furan rings is 1. The lowest BCUT2D eigenvalue weighted by Crippen LogP contribution is -2.49. The first-order valence-corrected chi connectivity index (χ1v) is 8.87. The second-order valence-electron chi connectivity index (χ2n) is 6.54. The zero-order valence-electron chi connectivity index (χ0n) is 15.8. The monoisotopic (exact) mass is 441 g/mol. The Morgan fingerprint density at radius 3 is 2.86 bits per heavy atom. The summed E-state index contributed by atoms with van der Waals surface area (Å²) in [7, 11) is 0. The molecule has 1 unspecified atom stereocenters. The predicted octanol–water partition coefficient (Wildman–Crippen LogP) is 3.94. The quantitative estimate of drug-likeness (QED) is 0.663. The Hall–Kier alpha value is -2.35. The average molecular weight is 442 g/mol. The topological polar surface area (TPSA) is 71.5 Å². The van der Waals surface area contributed by atoms with Gasteiger partial charge in [0.15, 0.2) is 5.76 Å². The lowest BCUT2D eigenvalue weighted by atomic mass is 10.0. The van der Waals surface area contributed by atoms with Crippen LogP contribution < -0.4 is 5.32 Å². The van der Waals surface area contributed by atoms with E-state index >= 15 is 0 Å². The van der Waals surface area contributed by atoms with Gasteiger partial charge >= 0.3 is 0 Å². The van der Waals surface area contributed by atoms with E-state index in [1.54, 1.807) is 36.3 Å². The highest BCUT2D eigenvalue weighted by molar-refractivity contribution is 5.85. The van der Waals surface area contributed by atoms with Gasteiger partial charge < -0.3 is 19.1 Å². The Balaban J connectivity index is 0.00000150. The highest BCUT2D eigenvalue weighted by Gasteiger charge is 2.29. The van der Waals surface area contributed by atoms with E-state index in [0.717, 1.165) is 5.56 Å². The molecule has 0 spiro atoms. The van der Waals surface area contributed by atoms with Gasteiger partial charge in [-0.1, -0.05) is 12.1 Å². The summed E-state index contributed by atoms with van der Waals surface area (Å²) in [5.74, 6) is 1.11. The molecular weight excluding hydrogens is 420 g/mol. The third kappa shape index (κ3) is 4.98. The summed E-state index contributed by atoms with van der Waals surface area (Å²) in [5.41, 5.74) is 1.37. The maximum absolute atomic E-state index is 13.6. The maximum Gasteiger partial charge on any atom is 0.263 e. The maximum atomic E-state index is 13.6. The molecule has 0 radical (unpaired) electrons. The number of aryl methyl sites for hydroxylation is 1. The van der Waals surface area contributed by atoms with E-state index < -0.39 is 0 Å². The van der Waals surface area contributed by atoms with Crippen LogP contribution in [-0.2, 0) is 11.2 Å². The van der Waals surface area contributed by atoms with Crippen molar-refractivity contribution in [2.45, 2.75) is 19.4 Å². The second kappa shape index (κ2) is 9.91. The SMILES string of the molecule is Cc1oc(-c2ccco2)nc1CC(=O)N1CCNCC1c1cccc(F)c1.Cl.Cl. The average Bonchev–Trinajstić information content (AvgIpc) is 3.32. The molecule has 1 amide bonds. The second-order valence-corrected chi connectivity index (χ2v) is 6.54. The number of piperazine rings is 1. The molecule has 1 fully saturated rings. The molecule has 0 bridgehead atoms. The molecule has 3 aromatic rings. The van der Waals surface area contributed by atoms with Crippen LogP contribution in [-0.4, -0.2) is 35.4 Å². The minimum absolute atomic E-state index is 0. The fourth-order valence-electron chi connectivity index (χ4n) is 3.36. The smallest absolute Gasteiger partial charge is 0.263 e. The van der Waals surface area contributed by atoms with Gasteiger partial charge in [0.2, 0.25) is 5.91 Å². The number of benzene rings is 1. The van der Waals surface area contributed by atoms with Crippen molar-refractivity contribution in [3.8, 4) is 11.7 Å². The van der Waals surface area contributed by atoms with E-state index in [-0.39, 0.29) is 49.0 Å². The Morgan fingerprint density at radius 2 is 2.14 bits per heavy atom. The number of amides is 1. The summed E-state index contributed by atoms with van der Waals surface area (Å²) in [5, 5.41) is 3.27. The van der Waals surface area contributed by atoms with Crippen LogP contribution in [0.2, 0.25) is 0 Å². The molecule has 1 saturated heterocycles. The van der Waals surface area contributed by atoms with Gasteiger partial charge in [-0.05, 0) is 36.8 Å². The Labute approximate surface area is 180 Å². The molecular formula is C20H22Cl2FN3O3. The summed E-state index contributed by atoms with van der Waals surface area (Å²) in [6.45, 7) is 3.63. The van der Waals surface area contributed by atoms with Gasteiger partial charge in [-0.2, -0.15) is 0 Å². The summed E-state index contributed by atoms with van der Waals surface area (Å²) in [6, 6.07) is 9.70. The van der Waals surface area contributed by atoms with Crippen LogP contribution in [0.15, 0.2) is 51.5 Å². The number of rotatable bonds is 4. The van der Waals surface area contributed by atoms with E-state index in [1.165, 1.54) is 12.1 Å². The Morgan fingerprint density at radius 1 is 1.31 bits per heavy atom. The van der Waals surface area contributed by atoms with Crippen molar-refractivity contribution in [3.05, 3.63) is 65.5 Å². The third-order valence-corrected chi connectivity index (χ3v) is 4.74. The van der Waals surface area contributed by atoms with Crippen molar-refractivity contribution in [2.75, 3.05) is 19.6 Å². The van der Waals surface area contributed by atoms with Crippen LogP contribution in [0.1, 0.15) is 23.1 Å². The fraction of sp³-hybridized carbons (Fsp3) is 0.300. The molecule has 6 nitrogen and oxygen atoms in total. The van der Waals surface area contributed by atoms with Gasteiger partial charge in [0.25, 0.3) is 5.89 Å². The Bertz CT molecular complexity index is 946. The third-order valence-electron chi connectivity index (χ3n) is 4.74. The van der Waals surface area contributed by atoms with E-state index in [2.05, 4.69) is 10.3 Å². The number of nitrogens with zero attached hydrogens (tertiary/aromatic N) is 2. The number of hydrogen-bond donors (Lipinski definition) is 1. The molecule has 1 aliphatic heterocycles. The normalized spacial score (nSPS) is 16.1. The van der Waals surface area contributed by atoms with Crippen LogP contribution in [0.25, 0.3) is 11.7 Å². The minimum Gasteiger partial charge on any atom is -0.459 e. The van der Waals surface area contributed by atoms with E-state index in [9.17, 15) is 9.18 Å². The zero-order valence-corrected chi connectivity index (χ0v) is 17.4. The van der Waals surface area contributed by atoms with Gasteiger partial charge in [0.1, 0.15) is 11.6 Å². The van der Waals surface area contributed by atoms with E-state index in [1.807, 2.05) is 6.07 Å². The van der Waals surface area contributed by atoms with Crippen LogP contribution in [0.5, 0.6) is 0 Å². The molecule has 156 valence electrons. The summed E-state index contributed by atoms with van der Waals surface area (Å²) < 4.78 is 24.6. The summed E-state index contributed by atoms with van der Waals surface area (Å²) in [4.78, 5) is 19.2. The number of nitrogens with one attached hydrogen (secondary N) is 1. The van der Waals surface area contributed by atoms with Gasteiger partial charge in [-0.25, -0.2) is 9.37 Å². The van der Waals surface area contributed by atoms with Crippen molar-refractivity contribution in [3.63, 3.8) is 0 Å². The molecule has 4 rings (SSSR count). The van der Waals surface area contributed by atoms with Gasteiger partial charge in [0.05, 0.1) is 24.4 Å². The molecule has 1 aliphatic rings. The molecule has 1 N–H and O–H groups in total. The van der Waals surface area contributed by atoms with E-state index in [4.69, 9.17) is 8.83 Å². The number of halogens is 3. The number of aromatic nitrogens is 1. The number of oxazole rings is 1. The lowest BCUT2D eigenvalue weighted by molar-refractivity contribution is -0.133. The molecule has 0 aliphatic carbocycles. The largest absolute Gasteiger partial charge is 0.459 e. The van der Waals surface area contributed by atoms with Crippen molar-refractivity contribution in [1.82, 2.24) is 15.2 Å². The molecule has 1 aromatic carbocycles. The highest BCUT2D eigenvalue weighted by Crippen LogP contribution is 2.26. The van der Waals surface area contributed by atoms with Crippen molar-refractivity contribution in [1.29, 1.82) is 0 Å². The summed E-state index contributed by atoms with van der Waals surface area (Å²) in [6.07, 6.45) is 1.67. The van der Waals surface area contributed by atoms with Crippen molar-refractivity contribution >= 4 is 30.7 Å². The van der Waals surface area contributed by atoms with Gasteiger partial charge in [-0.3, -0.25) is 4.79 Å². The lowest BCUT2D eigenvalue weighted by Gasteiger charge is -2.36. The molecule has 2 aromatic heterocycles. The molecule has 0 saturated carbocycles. The van der Waals surface area contributed by atoms with Crippen LogP contribution >= 0.6 is 24.8 Å². The molecule has 29 heavy (non-hydrogen) atoms. The van der Waals surface area contributed by atoms with E-state index in [0.29, 0.717) is 42.7 Å². The van der Waals surface area contributed by atoms with Crippen molar-refractivity contribution in [2.24, 2.45) is 0 Å². The molecule has 1 atom stereocenters. The van der Waals surface area contributed by atoms with Crippen LogP contribution in [0.4, 0.5) is 4.39 Å². The first kappa shape index (κ1) is 22.9. The number of hydrogen-bond acceptors (Lipinski definition) is 5. The van der Waals surface area contributed by atoms with Crippen molar-refractivity contribution < 1.29 is 18.0 Å². The standard InChI is InChI=1S/C20H20FN3O3.2ClH/c1-13-16(23-20(27-13)18-6-3-9-26-18)11-19(25)24-8-7-22-12-17(24)14-4-2-5-15(21)10-14;;/h2-6,9-10,17,22H,7-8,11-12H2,1H3;2*1H. The van der Waals surface area contributed by atoms with Crippen LogP contribution in [0.3, 0.4) is 0 Å². The molecule has 9 heteroatoms.